The van der Waals surface area contributed by atoms with Crippen molar-refractivity contribution in [2.45, 2.75) is 76.6 Å². The number of carbonyl (C=O) groups excluding carboxylic acids is 4. The Bertz CT molecular complexity index is 2010. The van der Waals surface area contributed by atoms with E-state index in [1.54, 1.807) is 54.7 Å². The molecule has 1 unspecified atom stereocenters. The van der Waals surface area contributed by atoms with Crippen LogP contribution in [0, 0.1) is 0 Å². The van der Waals surface area contributed by atoms with Crippen molar-refractivity contribution < 1.29 is 28.7 Å². The molecule has 1 aliphatic rings. The van der Waals surface area contributed by atoms with Crippen LogP contribution in [0.3, 0.4) is 0 Å². The number of aromatic nitrogens is 2. The van der Waals surface area contributed by atoms with Crippen molar-refractivity contribution in [2.24, 2.45) is 0 Å². The summed E-state index contributed by atoms with van der Waals surface area (Å²) in [6.45, 7) is 4.32. The van der Waals surface area contributed by atoms with E-state index in [1.165, 1.54) is 0 Å². The number of pyridine rings is 2. The van der Waals surface area contributed by atoms with Crippen molar-refractivity contribution in [1.82, 2.24) is 15.3 Å². The molecule has 11 nitrogen and oxygen atoms in total. The molecule has 1 aliphatic heterocycles. The second-order valence-electron chi connectivity index (χ2n) is 14.1. The van der Waals surface area contributed by atoms with E-state index in [0.29, 0.717) is 53.8 Å². The first kappa shape index (κ1) is 38.2. The van der Waals surface area contributed by atoms with Gasteiger partial charge in [-0.3, -0.25) is 29.1 Å². The number of ketones is 1. The van der Waals surface area contributed by atoms with Gasteiger partial charge in [-0.25, -0.2) is 0 Å². The van der Waals surface area contributed by atoms with Crippen LogP contribution in [0.2, 0.25) is 0 Å². The highest BCUT2D eigenvalue weighted by atomic mass is 16.7. The van der Waals surface area contributed by atoms with Gasteiger partial charge in [0.1, 0.15) is 12.0 Å². The Morgan fingerprint density at radius 1 is 0.815 bits per heavy atom. The largest absolute Gasteiger partial charge is 0.359 e. The summed E-state index contributed by atoms with van der Waals surface area (Å²) in [7, 11) is 1.63. The minimum absolute atomic E-state index is 0.00941. The number of rotatable bonds is 16. The van der Waals surface area contributed by atoms with E-state index in [-0.39, 0.29) is 36.7 Å². The van der Waals surface area contributed by atoms with Crippen molar-refractivity contribution in [3.05, 3.63) is 108 Å². The van der Waals surface area contributed by atoms with Gasteiger partial charge < -0.3 is 25.0 Å². The van der Waals surface area contributed by atoms with Crippen LogP contribution in [0.5, 0.6) is 0 Å². The van der Waals surface area contributed by atoms with Crippen LogP contribution in [-0.4, -0.2) is 65.6 Å². The molecule has 2 atom stereocenters. The van der Waals surface area contributed by atoms with Crippen molar-refractivity contribution >= 4 is 56.7 Å². The van der Waals surface area contributed by atoms with Gasteiger partial charge in [0.25, 0.3) is 0 Å². The Labute approximate surface area is 315 Å². The molecule has 3 amide bonds. The quantitative estimate of drug-likeness (QED) is 0.0827. The number of carbonyl (C=O) groups is 4. The highest BCUT2D eigenvalue weighted by molar-refractivity contribution is 6.14. The Hall–Kier alpha value is -5.52. The number of benzene rings is 3. The maximum absolute atomic E-state index is 14.3. The van der Waals surface area contributed by atoms with Crippen molar-refractivity contribution in [2.75, 3.05) is 30.4 Å². The SMILES string of the molecule is CNC(=O)CCCCCCC(=O)N(C[C@@H]1COC(C)(C)O1)c1ccc(C(C(=O)Cc2cccc3cccnc23)C(=O)Nc2cccc3cccnc23)cc1. The summed E-state index contributed by atoms with van der Waals surface area (Å²) in [6, 6.07) is 25.8. The van der Waals surface area contributed by atoms with Crippen LogP contribution in [0.4, 0.5) is 11.4 Å². The van der Waals surface area contributed by atoms with Crippen LogP contribution < -0.4 is 15.5 Å². The fraction of sp³-hybridized carbons (Fsp3) is 0.349. The number of nitrogens with zero attached hydrogens (tertiary/aromatic N) is 3. The normalized spacial score (nSPS) is 15.5. The Morgan fingerprint density at radius 2 is 1.46 bits per heavy atom. The zero-order valence-electron chi connectivity index (χ0n) is 31.0. The van der Waals surface area contributed by atoms with Gasteiger partial charge >= 0.3 is 0 Å². The number of anilines is 2. The topological polar surface area (TPSA) is 140 Å². The van der Waals surface area contributed by atoms with Crippen LogP contribution in [0.1, 0.15) is 69.4 Å². The highest BCUT2D eigenvalue weighted by Crippen LogP contribution is 2.30. The number of amides is 3. The zero-order valence-corrected chi connectivity index (χ0v) is 31.0. The minimum atomic E-state index is -1.16. The Balaban J connectivity index is 1.26. The second-order valence-corrected chi connectivity index (χ2v) is 14.1. The molecule has 0 spiro atoms. The molecule has 3 aromatic carbocycles. The minimum Gasteiger partial charge on any atom is -0.359 e. The van der Waals surface area contributed by atoms with E-state index < -0.39 is 17.6 Å². The van der Waals surface area contributed by atoms with E-state index in [1.807, 2.05) is 68.4 Å². The average Bonchev–Trinajstić information content (AvgIpc) is 3.53. The Kier molecular flexibility index (Phi) is 12.4. The summed E-state index contributed by atoms with van der Waals surface area (Å²) in [4.78, 5) is 64.6. The maximum Gasteiger partial charge on any atom is 0.239 e. The number of Topliss-reactive ketones (excluding diaryl/α,β-unsaturated/α-hetero) is 1. The molecule has 1 saturated heterocycles. The lowest BCUT2D eigenvalue weighted by Crippen LogP contribution is -2.39. The van der Waals surface area contributed by atoms with E-state index in [2.05, 4.69) is 20.6 Å². The van der Waals surface area contributed by atoms with E-state index in [4.69, 9.17) is 9.47 Å². The maximum atomic E-state index is 14.3. The molecule has 11 heteroatoms. The summed E-state index contributed by atoms with van der Waals surface area (Å²) < 4.78 is 11.9. The first-order valence-corrected chi connectivity index (χ1v) is 18.5. The van der Waals surface area contributed by atoms with Gasteiger partial charge in [0, 0.05) is 55.2 Å². The average molecular weight is 730 g/mol. The second kappa shape index (κ2) is 17.5. The lowest BCUT2D eigenvalue weighted by Gasteiger charge is -2.27. The summed E-state index contributed by atoms with van der Waals surface area (Å²) in [5.41, 5.74) is 3.68. The zero-order chi connectivity index (χ0) is 38.1. The number of hydrogen-bond acceptors (Lipinski definition) is 8. The van der Waals surface area contributed by atoms with Crippen molar-refractivity contribution in [1.29, 1.82) is 0 Å². The first-order valence-electron chi connectivity index (χ1n) is 18.5. The van der Waals surface area contributed by atoms with Gasteiger partial charge in [0.05, 0.1) is 29.9 Å². The molecular formula is C43H47N5O6. The van der Waals surface area contributed by atoms with Gasteiger partial charge in [-0.2, -0.15) is 0 Å². The standard InChI is InChI=1S/C43H47N5O6/c1-43(2)53-28-34(54-43)27-48(38(51)19-7-5-4-6-18-37(50)44-3)33-22-20-29(21-23-33)39(36(49)26-32-14-8-12-30-15-10-24-45-40(30)32)42(52)47-35-17-9-13-31-16-11-25-46-41(31)35/h8-17,20-25,34,39H,4-7,18-19,26-28H2,1-3H3,(H,44,50)(H,47,52)/t34-,39?/m1/s1. The molecule has 1 fully saturated rings. The molecule has 2 aromatic heterocycles. The number of fused-ring (bicyclic) bond motifs is 2. The number of hydrogen-bond donors (Lipinski definition) is 2. The fourth-order valence-electron chi connectivity index (χ4n) is 6.92. The summed E-state index contributed by atoms with van der Waals surface area (Å²) in [5.74, 6) is -2.76. The highest BCUT2D eigenvalue weighted by Gasteiger charge is 2.35. The molecule has 3 heterocycles. The third kappa shape index (κ3) is 9.52. The van der Waals surface area contributed by atoms with E-state index >= 15 is 0 Å². The molecule has 0 radical (unpaired) electrons. The van der Waals surface area contributed by atoms with E-state index in [0.717, 1.165) is 35.6 Å². The molecule has 6 rings (SSSR count). The fourth-order valence-corrected chi connectivity index (χ4v) is 6.92. The van der Waals surface area contributed by atoms with Crippen molar-refractivity contribution in [3.63, 3.8) is 0 Å². The monoisotopic (exact) mass is 729 g/mol. The van der Waals surface area contributed by atoms with Crippen LogP contribution in [0.15, 0.2) is 97.3 Å². The van der Waals surface area contributed by atoms with Crippen molar-refractivity contribution in [3.8, 4) is 0 Å². The first-order chi connectivity index (χ1) is 26.1. The smallest absolute Gasteiger partial charge is 0.239 e. The third-order valence-electron chi connectivity index (χ3n) is 9.67. The Morgan fingerprint density at radius 3 is 2.15 bits per heavy atom. The molecule has 2 N–H and O–H groups in total. The number of nitrogens with one attached hydrogen (secondary N) is 2. The van der Waals surface area contributed by atoms with Crippen LogP contribution >= 0.6 is 0 Å². The van der Waals surface area contributed by atoms with Crippen LogP contribution in [0.25, 0.3) is 21.8 Å². The lowest BCUT2D eigenvalue weighted by atomic mass is 9.89. The number of para-hydroxylation sites is 2. The molecule has 0 bridgehead atoms. The third-order valence-corrected chi connectivity index (χ3v) is 9.67. The molecule has 0 saturated carbocycles. The number of unbranched alkanes of at least 4 members (excludes halogenated alkanes) is 3. The molecule has 54 heavy (non-hydrogen) atoms. The van der Waals surface area contributed by atoms with Crippen LogP contribution in [-0.2, 0) is 35.1 Å². The lowest BCUT2D eigenvalue weighted by molar-refractivity contribution is -0.138. The number of ether oxygens (including phenoxy) is 2. The summed E-state index contributed by atoms with van der Waals surface area (Å²) in [6.07, 6.45) is 6.92. The molecule has 0 aliphatic carbocycles. The predicted molar refractivity (Wildman–Crippen MR) is 209 cm³/mol. The van der Waals surface area contributed by atoms with Gasteiger partial charge in [-0.05, 0) is 68.1 Å². The van der Waals surface area contributed by atoms with Gasteiger partial charge in [-0.15, -0.1) is 0 Å². The van der Waals surface area contributed by atoms with Gasteiger partial charge in [0.15, 0.2) is 11.6 Å². The molecule has 280 valence electrons. The summed E-state index contributed by atoms with van der Waals surface area (Å²) in [5, 5.41) is 7.39. The van der Waals surface area contributed by atoms with E-state index in [9.17, 15) is 19.2 Å². The summed E-state index contributed by atoms with van der Waals surface area (Å²) >= 11 is 0. The predicted octanol–water partition coefficient (Wildman–Crippen LogP) is 6.89. The molecule has 5 aromatic rings. The van der Waals surface area contributed by atoms with Gasteiger partial charge in [0.2, 0.25) is 17.7 Å². The van der Waals surface area contributed by atoms with Gasteiger partial charge in [-0.1, -0.05) is 67.4 Å². The molecular weight excluding hydrogens is 683 g/mol.